The predicted octanol–water partition coefficient (Wildman–Crippen LogP) is 10.0. The highest BCUT2D eigenvalue weighted by Crippen LogP contribution is 2.44. The summed E-state index contributed by atoms with van der Waals surface area (Å²) in [5.41, 5.74) is 7.91. The topological polar surface area (TPSA) is 23.8 Å². The summed E-state index contributed by atoms with van der Waals surface area (Å²) < 4.78 is 0. The van der Waals surface area contributed by atoms with Crippen LogP contribution in [0.5, 0.6) is 0 Å². The molecule has 0 radical (unpaired) electrons. The van der Waals surface area contributed by atoms with E-state index in [-0.39, 0.29) is 0 Å². The van der Waals surface area contributed by atoms with Crippen LogP contribution in [-0.2, 0) is 0 Å². The van der Waals surface area contributed by atoms with Gasteiger partial charge < -0.3 is 0 Å². The third kappa shape index (κ3) is 3.55. The fourth-order valence-electron chi connectivity index (χ4n) is 5.76. The van der Waals surface area contributed by atoms with Gasteiger partial charge in [0.2, 0.25) is 0 Å². The summed E-state index contributed by atoms with van der Waals surface area (Å²) in [5.74, 6) is 0. The summed E-state index contributed by atoms with van der Waals surface area (Å²) in [6.07, 6.45) is 0. The highest BCUT2D eigenvalue weighted by molar-refractivity contribution is 6.21. The van der Waals surface area contributed by atoms with Crippen LogP contribution in [0.1, 0.15) is 5.56 Å². The quantitative estimate of drug-likeness (QED) is 0.230. The SMILES string of the molecule is N#Cc1ccc(-c2c3ccccc3c(-c3ccc(-c4cccc5ccccc45)cc3)c3ccccc23)cc1. The Morgan fingerprint density at radius 3 is 1.32 bits per heavy atom. The number of nitrogens with zero attached hydrogens (tertiary/aromatic N) is 1. The first-order chi connectivity index (χ1) is 18.8. The van der Waals surface area contributed by atoms with Gasteiger partial charge in [0.25, 0.3) is 0 Å². The van der Waals surface area contributed by atoms with Crippen molar-refractivity contribution >= 4 is 32.3 Å². The number of hydrogen-bond acceptors (Lipinski definition) is 1. The first-order valence-electron chi connectivity index (χ1n) is 12.8. The average Bonchev–Trinajstić information content (AvgIpc) is 3.00. The molecule has 0 amide bonds. The van der Waals surface area contributed by atoms with Gasteiger partial charge in [0, 0.05) is 0 Å². The first kappa shape index (κ1) is 22.0. The van der Waals surface area contributed by atoms with Crippen LogP contribution in [0.4, 0.5) is 0 Å². The van der Waals surface area contributed by atoms with Crippen molar-refractivity contribution in [2.24, 2.45) is 0 Å². The Morgan fingerprint density at radius 1 is 0.368 bits per heavy atom. The molecule has 0 saturated carbocycles. The number of nitriles is 1. The Morgan fingerprint density at radius 2 is 0.789 bits per heavy atom. The van der Waals surface area contributed by atoms with Gasteiger partial charge in [0.05, 0.1) is 11.6 Å². The minimum atomic E-state index is 0.672. The predicted molar refractivity (Wildman–Crippen MR) is 160 cm³/mol. The molecule has 0 aliphatic rings. The molecule has 0 aromatic heterocycles. The van der Waals surface area contributed by atoms with Crippen LogP contribution in [0.25, 0.3) is 65.7 Å². The summed E-state index contributed by atoms with van der Waals surface area (Å²) in [6.45, 7) is 0. The van der Waals surface area contributed by atoms with Gasteiger partial charge in [-0.05, 0) is 77.8 Å². The fraction of sp³-hybridized carbons (Fsp3) is 0. The molecular weight excluding hydrogens is 458 g/mol. The van der Waals surface area contributed by atoms with Crippen LogP contribution in [-0.4, -0.2) is 0 Å². The third-order valence-electron chi connectivity index (χ3n) is 7.51. The third-order valence-corrected chi connectivity index (χ3v) is 7.51. The minimum Gasteiger partial charge on any atom is -0.192 e. The Labute approximate surface area is 221 Å². The maximum absolute atomic E-state index is 9.30. The van der Waals surface area contributed by atoms with Crippen molar-refractivity contribution in [2.45, 2.75) is 0 Å². The van der Waals surface area contributed by atoms with Gasteiger partial charge in [0.1, 0.15) is 0 Å². The van der Waals surface area contributed by atoms with Crippen LogP contribution in [0.3, 0.4) is 0 Å². The molecular formula is C37H23N. The van der Waals surface area contributed by atoms with E-state index in [0.29, 0.717) is 5.56 Å². The molecule has 0 aliphatic carbocycles. The molecule has 0 N–H and O–H groups in total. The van der Waals surface area contributed by atoms with E-state index in [0.717, 1.165) is 5.56 Å². The lowest BCUT2D eigenvalue weighted by Crippen LogP contribution is -1.91. The van der Waals surface area contributed by atoms with E-state index >= 15 is 0 Å². The van der Waals surface area contributed by atoms with Crippen molar-refractivity contribution in [1.82, 2.24) is 0 Å². The first-order valence-corrected chi connectivity index (χ1v) is 12.8. The summed E-state index contributed by atoms with van der Waals surface area (Å²) in [6, 6.07) is 51.6. The molecule has 7 aromatic rings. The molecule has 1 nitrogen and oxygen atoms in total. The highest BCUT2D eigenvalue weighted by Gasteiger charge is 2.16. The van der Waals surface area contributed by atoms with Crippen LogP contribution in [0, 0.1) is 11.3 Å². The lowest BCUT2D eigenvalue weighted by Gasteiger charge is -2.18. The molecule has 0 spiro atoms. The van der Waals surface area contributed by atoms with Gasteiger partial charge in [-0.1, -0.05) is 127 Å². The Bertz CT molecular complexity index is 1940. The van der Waals surface area contributed by atoms with Gasteiger partial charge in [-0.3, -0.25) is 0 Å². The van der Waals surface area contributed by atoms with E-state index in [1.165, 1.54) is 60.1 Å². The average molecular weight is 482 g/mol. The van der Waals surface area contributed by atoms with Gasteiger partial charge in [-0.2, -0.15) is 5.26 Å². The van der Waals surface area contributed by atoms with Crippen molar-refractivity contribution in [1.29, 1.82) is 5.26 Å². The van der Waals surface area contributed by atoms with Crippen LogP contribution in [0.2, 0.25) is 0 Å². The fourth-order valence-corrected chi connectivity index (χ4v) is 5.76. The Balaban J connectivity index is 1.46. The molecule has 0 unspecified atom stereocenters. The zero-order chi connectivity index (χ0) is 25.5. The number of benzene rings is 7. The molecule has 0 fully saturated rings. The molecule has 0 atom stereocenters. The summed E-state index contributed by atoms with van der Waals surface area (Å²) >= 11 is 0. The molecule has 0 bridgehead atoms. The van der Waals surface area contributed by atoms with E-state index in [4.69, 9.17) is 0 Å². The zero-order valence-electron chi connectivity index (χ0n) is 20.7. The molecule has 0 saturated heterocycles. The maximum Gasteiger partial charge on any atom is 0.0991 e. The van der Waals surface area contributed by atoms with Crippen molar-refractivity contribution in [3.05, 3.63) is 145 Å². The number of rotatable bonds is 3. The zero-order valence-corrected chi connectivity index (χ0v) is 20.7. The highest BCUT2D eigenvalue weighted by atomic mass is 14.2. The second-order valence-corrected chi connectivity index (χ2v) is 9.63. The summed E-state index contributed by atoms with van der Waals surface area (Å²) in [7, 11) is 0. The second kappa shape index (κ2) is 9.04. The van der Waals surface area contributed by atoms with Crippen molar-refractivity contribution < 1.29 is 0 Å². The Hall–Kier alpha value is -5.19. The standard InChI is InChI=1S/C37H23N/c38-24-25-16-18-28(19-17-25)36-32-11-3-5-13-34(32)37(35-14-6-4-12-33(35)36)29-22-20-27(21-23-29)31-15-7-9-26-8-1-2-10-30(26)31/h1-23H. The van der Waals surface area contributed by atoms with Crippen LogP contribution in [0.15, 0.2) is 140 Å². The van der Waals surface area contributed by atoms with E-state index in [1.807, 2.05) is 12.1 Å². The van der Waals surface area contributed by atoms with E-state index in [1.54, 1.807) is 0 Å². The number of hydrogen-bond donors (Lipinski definition) is 0. The maximum atomic E-state index is 9.30. The van der Waals surface area contributed by atoms with E-state index in [2.05, 4.69) is 133 Å². The Kier molecular flexibility index (Phi) is 5.24. The van der Waals surface area contributed by atoms with Crippen molar-refractivity contribution in [2.75, 3.05) is 0 Å². The molecule has 38 heavy (non-hydrogen) atoms. The molecule has 0 aliphatic heterocycles. The molecule has 7 rings (SSSR count). The smallest absolute Gasteiger partial charge is 0.0991 e. The van der Waals surface area contributed by atoms with Gasteiger partial charge >= 0.3 is 0 Å². The lowest BCUT2D eigenvalue weighted by atomic mass is 9.85. The minimum absolute atomic E-state index is 0.672. The molecule has 176 valence electrons. The molecule has 0 heterocycles. The van der Waals surface area contributed by atoms with Gasteiger partial charge in [-0.25, -0.2) is 0 Å². The summed E-state index contributed by atoms with van der Waals surface area (Å²) in [4.78, 5) is 0. The normalized spacial score (nSPS) is 11.1. The molecule has 7 aromatic carbocycles. The van der Waals surface area contributed by atoms with Crippen molar-refractivity contribution in [3.8, 4) is 39.4 Å². The second-order valence-electron chi connectivity index (χ2n) is 9.63. The van der Waals surface area contributed by atoms with Gasteiger partial charge in [0.15, 0.2) is 0 Å². The van der Waals surface area contributed by atoms with Crippen molar-refractivity contribution in [3.63, 3.8) is 0 Å². The van der Waals surface area contributed by atoms with E-state index in [9.17, 15) is 5.26 Å². The monoisotopic (exact) mass is 481 g/mol. The summed E-state index contributed by atoms with van der Waals surface area (Å²) in [5, 5.41) is 16.7. The number of fused-ring (bicyclic) bond motifs is 3. The van der Waals surface area contributed by atoms with Crippen LogP contribution < -0.4 is 0 Å². The van der Waals surface area contributed by atoms with E-state index < -0.39 is 0 Å². The molecule has 1 heteroatoms. The van der Waals surface area contributed by atoms with Crippen LogP contribution >= 0.6 is 0 Å². The lowest BCUT2D eigenvalue weighted by molar-refractivity contribution is 1.49. The van der Waals surface area contributed by atoms with Gasteiger partial charge in [-0.15, -0.1) is 0 Å². The largest absolute Gasteiger partial charge is 0.192 e.